The Labute approximate surface area is 155 Å². The Morgan fingerprint density at radius 3 is 1.96 bits per heavy atom. The average molecular weight is 341 g/mol. The average Bonchev–Trinajstić information content (AvgIpc) is 2.71. The highest BCUT2D eigenvalue weighted by Crippen LogP contribution is 2.22. The second-order valence-electron chi connectivity index (χ2n) is 6.17. The zero-order valence-corrected chi connectivity index (χ0v) is 14.8. The molecule has 0 saturated heterocycles. The number of aliphatic hydroxyl groups excluding tert-OH is 1. The normalized spacial score (nSPS) is 11.6. The molecule has 2 heteroatoms. The summed E-state index contributed by atoms with van der Waals surface area (Å²) < 4.78 is 0. The summed E-state index contributed by atoms with van der Waals surface area (Å²) >= 11 is 0. The summed E-state index contributed by atoms with van der Waals surface area (Å²) in [4.78, 5) is 2.22. The van der Waals surface area contributed by atoms with Crippen LogP contribution in [0.25, 0.3) is 0 Å². The van der Waals surface area contributed by atoms with Gasteiger partial charge in [0.1, 0.15) is 0 Å². The highest BCUT2D eigenvalue weighted by Gasteiger charge is 2.19. The molecule has 1 atom stereocenters. The minimum Gasteiger partial charge on any atom is -0.394 e. The van der Waals surface area contributed by atoms with Crippen LogP contribution in [0.15, 0.2) is 91.0 Å². The fourth-order valence-electron chi connectivity index (χ4n) is 2.97. The van der Waals surface area contributed by atoms with Gasteiger partial charge < -0.3 is 5.11 Å². The first-order chi connectivity index (χ1) is 12.9. The predicted octanol–water partition coefficient (Wildman–Crippen LogP) is 4.27. The smallest absolute Gasteiger partial charge is 0.0629 e. The molecule has 0 aliphatic heterocycles. The number of hydrogen-bond acceptors (Lipinski definition) is 2. The van der Waals surface area contributed by atoms with Crippen molar-refractivity contribution in [2.45, 2.75) is 12.6 Å². The minimum atomic E-state index is -0.0820. The van der Waals surface area contributed by atoms with Gasteiger partial charge in [0.05, 0.1) is 19.2 Å². The largest absolute Gasteiger partial charge is 0.394 e. The summed E-state index contributed by atoms with van der Waals surface area (Å²) in [7, 11) is 0. The number of nitrogens with zero attached hydrogens (tertiary/aromatic N) is 1. The van der Waals surface area contributed by atoms with E-state index in [0.717, 1.165) is 17.7 Å². The Morgan fingerprint density at radius 1 is 0.769 bits per heavy atom. The van der Waals surface area contributed by atoms with Crippen molar-refractivity contribution in [1.29, 1.82) is 0 Å². The summed E-state index contributed by atoms with van der Waals surface area (Å²) in [6, 6.07) is 30.4. The van der Waals surface area contributed by atoms with Crippen LogP contribution in [0.5, 0.6) is 0 Å². The van der Waals surface area contributed by atoms with E-state index < -0.39 is 0 Å². The summed E-state index contributed by atoms with van der Waals surface area (Å²) in [6.45, 7) is 1.39. The number of rotatable bonds is 6. The van der Waals surface area contributed by atoms with Gasteiger partial charge in [-0.25, -0.2) is 0 Å². The van der Waals surface area contributed by atoms with Crippen molar-refractivity contribution in [2.24, 2.45) is 0 Å². The molecule has 26 heavy (non-hydrogen) atoms. The summed E-state index contributed by atoms with van der Waals surface area (Å²) in [5.41, 5.74) is 3.32. The monoisotopic (exact) mass is 341 g/mol. The molecule has 0 bridgehead atoms. The second-order valence-corrected chi connectivity index (χ2v) is 6.17. The molecule has 0 saturated carbocycles. The fraction of sp³-hybridized carbons (Fsp3) is 0.167. The third kappa shape index (κ3) is 5.07. The first kappa shape index (κ1) is 17.9. The first-order valence-corrected chi connectivity index (χ1v) is 8.84. The van der Waals surface area contributed by atoms with E-state index in [2.05, 4.69) is 41.0 Å². The molecule has 3 rings (SSSR count). The molecule has 0 heterocycles. The lowest BCUT2D eigenvalue weighted by Gasteiger charge is -2.29. The van der Waals surface area contributed by atoms with Crippen LogP contribution in [-0.4, -0.2) is 23.2 Å². The molecule has 0 aromatic heterocycles. The number of benzene rings is 3. The summed E-state index contributed by atoms with van der Waals surface area (Å²) in [5, 5.41) is 10.1. The molecule has 0 fully saturated rings. The van der Waals surface area contributed by atoms with Gasteiger partial charge in [-0.15, -0.1) is 0 Å². The molecular formula is C24H23NO. The summed E-state index contributed by atoms with van der Waals surface area (Å²) in [6.07, 6.45) is 0. The third-order valence-electron chi connectivity index (χ3n) is 4.32. The molecule has 0 aliphatic carbocycles. The molecule has 0 amide bonds. The second kappa shape index (κ2) is 9.58. The maximum absolute atomic E-state index is 10.1. The first-order valence-electron chi connectivity index (χ1n) is 8.84. The lowest BCUT2D eigenvalue weighted by molar-refractivity contribution is 0.130. The van der Waals surface area contributed by atoms with Crippen molar-refractivity contribution in [1.82, 2.24) is 4.90 Å². The fourth-order valence-corrected chi connectivity index (χ4v) is 2.97. The third-order valence-corrected chi connectivity index (χ3v) is 4.32. The lowest BCUT2D eigenvalue weighted by Crippen LogP contribution is -2.31. The molecule has 0 spiro atoms. The van der Waals surface area contributed by atoms with Crippen LogP contribution < -0.4 is 0 Å². The maximum Gasteiger partial charge on any atom is 0.0629 e. The minimum absolute atomic E-state index is 0.0594. The lowest BCUT2D eigenvalue weighted by atomic mass is 10.0. The van der Waals surface area contributed by atoms with Gasteiger partial charge in [-0.3, -0.25) is 4.90 Å². The molecular weight excluding hydrogens is 318 g/mol. The van der Waals surface area contributed by atoms with Gasteiger partial charge in [0.25, 0.3) is 0 Å². The quantitative estimate of drug-likeness (QED) is 0.677. The van der Waals surface area contributed by atoms with Gasteiger partial charge in [0.2, 0.25) is 0 Å². The molecule has 3 aromatic carbocycles. The Balaban J connectivity index is 1.82. The highest BCUT2D eigenvalue weighted by atomic mass is 16.3. The number of hydrogen-bond donors (Lipinski definition) is 1. The van der Waals surface area contributed by atoms with Gasteiger partial charge in [0.15, 0.2) is 0 Å². The van der Waals surface area contributed by atoms with Crippen LogP contribution in [0, 0.1) is 11.8 Å². The van der Waals surface area contributed by atoms with Crippen LogP contribution in [-0.2, 0) is 6.54 Å². The van der Waals surface area contributed by atoms with Crippen LogP contribution >= 0.6 is 0 Å². The Kier molecular flexibility index (Phi) is 6.61. The molecule has 130 valence electrons. The topological polar surface area (TPSA) is 23.5 Å². The van der Waals surface area contributed by atoms with Gasteiger partial charge in [-0.2, -0.15) is 0 Å². The van der Waals surface area contributed by atoms with E-state index in [0.29, 0.717) is 6.54 Å². The zero-order valence-electron chi connectivity index (χ0n) is 14.8. The van der Waals surface area contributed by atoms with Gasteiger partial charge in [0, 0.05) is 12.1 Å². The molecule has 2 nitrogen and oxygen atoms in total. The zero-order chi connectivity index (χ0) is 18.0. The molecule has 3 aromatic rings. The Hall–Kier alpha value is -2.86. The standard InChI is InChI=1S/C24H23NO/c26-20-24(23-16-8-3-9-17-23)25(19-22-13-6-2-7-14-22)18-10-15-21-11-4-1-5-12-21/h1-9,11-14,16-17,24,26H,18-20H2/t24-/m1/s1. The van der Waals surface area contributed by atoms with Crippen molar-refractivity contribution >= 4 is 0 Å². The molecule has 0 unspecified atom stereocenters. The van der Waals surface area contributed by atoms with Crippen molar-refractivity contribution in [2.75, 3.05) is 13.2 Å². The van der Waals surface area contributed by atoms with Crippen LogP contribution in [0.1, 0.15) is 22.7 Å². The van der Waals surface area contributed by atoms with Crippen LogP contribution in [0.2, 0.25) is 0 Å². The van der Waals surface area contributed by atoms with Crippen molar-refractivity contribution in [3.05, 3.63) is 108 Å². The van der Waals surface area contributed by atoms with E-state index in [1.165, 1.54) is 5.56 Å². The van der Waals surface area contributed by atoms with Gasteiger partial charge in [-0.1, -0.05) is 90.7 Å². The highest BCUT2D eigenvalue weighted by molar-refractivity contribution is 5.34. The van der Waals surface area contributed by atoms with Crippen molar-refractivity contribution in [3.63, 3.8) is 0 Å². The maximum atomic E-state index is 10.1. The molecule has 0 aliphatic rings. The van der Waals surface area contributed by atoms with Crippen molar-refractivity contribution in [3.8, 4) is 11.8 Å². The summed E-state index contributed by atoms with van der Waals surface area (Å²) in [5.74, 6) is 6.49. The van der Waals surface area contributed by atoms with E-state index in [1.807, 2.05) is 66.7 Å². The van der Waals surface area contributed by atoms with E-state index in [-0.39, 0.29) is 12.6 Å². The van der Waals surface area contributed by atoms with Crippen molar-refractivity contribution < 1.29 is 5.11 Å². The van der Waals surface area contributed by atoms with E-state index >= 15 is 0 Å². The van der Waals surface area contributed by atoms with E-state index in [9.17, 15) is 5.11 Å². The Bertz CT molecular complexity index is 835. The SMILES string of the molecule is OC[C@H](c1ccccc1)N(CC#Cc1ccccc1)Cc1ccccc1. The van der Waals surface area contributed by atoms with E-state index in [1.54, 1.807) is 0 Å². The van der Waals surface area contributed by atoms with Gasteiger partial charge >= 0.3 is 0 Å². The van der Waals surface area contributed by atoms with Crippen LogP contribution in [0.4, 0.5) is 0 Å². The van der Waals surface area contributed by atoms with E-state index in [4.69, 9.17) is 0 Å². The van der Waals surface area contributed by atoms with Gasteiger partial charge in [-0.05, 0) is 23.3 Å². The predicted molar refractivity (Wildman–Crippen MR) is 106 cm³/mol. The molecule has 1 N–H and O–H groups in total. The Morgan fingerprint density at radius 2 is 1.35 bits per heavy atom. The van der Waals surface area contributed by atoms with Crippen LogP contribution in [0.3, 0.4) is 0 Å². The number of aliphatic hydroxyl groups is 1. The molecule has 0 radical (unpaired) electrons.